The van der Waals surface area contributed by atoms with Gasteiger partial charge in [-0.1, -0.05) is 32.9 Å². The zero-order valence-corrected chi connectivity index (χ0v) is 14.3. The largest absolute Gasteiger partial charge is 0.352 e. The molecule has 1 saturated heterocycles. The minimum atomic E-state index is -0.400. The highest BCUT2D eigenvalue weighted by Crippen LogP contribution is 2.19. The molecule has 2 amide bonds. The van der Waals surface area contributed by atoms with Gasteiger partial charge < -0.3 is 16.0 Å². The van der Waals surface area contributed by atoms with E-state index in [9.17, 15) is 9.59 Å². The van der Waals surface area contributed by atoms with E-state index in [0.717, 1.165) is 24.9 Å². The maximum Gasteiger partial charge on any atom is 0.254 e. The number of amides is 2. The first-order chi connectivity index (χ1) is 10.8. The number of carbonyl (C=O) groups is 2. The third-order valence-corrected chi connectivity index (χ3v) is 4.25. The van der Waals surface area contributed by atoms with Gasteiger partial charge in [0.15, 0.2) is 0 Å². The van der Waals surface area contributed by atoms with Crippen molar-refractivity contribution in [2.24, 2.45) is 11.1 Å². The van der Waals surface area contributed by atoms with Gasteiger partial charge in [0.2, 0.25) is 5.91 Å². The molecule has 3 N–H and O–H groups in total. The first-order valence-electron chi connectivity index (χ1n) is 8.21. The highest BCUT2D eigenvalue weighted by atomic mass is 16.2. The molecule has 23 heavy (non-hydrogen) atoms. The molecule has 0 radical (unpaired) electrons. The van der Waals surface area contributed by atoms with Gasteiger partial charge in [-0.25, -0.2) is 0 Å². The van der Waals surface area contributed by atoms with Crippen LogP contribution in [0.2, 0.25) is 0 Å². The Morgan fingerprint density at radius 1 is 1.26 bits per heavy atom. The summed E-state index contributed by atoms with van der Waals surface area (Å²) in [5, 5.41) is 2.91. The van der Waals surface area contributed by atoms with Crippen LogP contribution in [0.4, 0.5) is 0 Å². The molecule has 0 aliphatic carbocycles. The van der Waals surface area contributed by atoms with Gasteiger partial charge in [-0.3, -0.25) is 9.59 Å². The Morgan fingerprint density at radius 2 is 1.91 bits per heavy atom. The molecular weight excluding hydrogens is 290 g/mol. The molecule has 126 valence electrons. The molecule has 1 unspecified atom stereocenters. The van der Waals surface area contributed by atoms with Crippen LogP contribution in [0.25, 0.3) is 0 Å². The lowest BCUT2D eigenvalue weighted by Gasteiger charge is -2.23. The first kappa shape index (κ1) is 17.5. The predicted octanol–water partition coefficient (Wildman–Crippen LogP) is 1.91. The van der Waals surface area contributed by atoms with Crippen LogP contribution in [-0.2, 0) is 11.3 Å². The number of nitrogens with one attached hydrogen (secondary N) is 1. The van der Waals surface area contributed by atoms with Gasteiger partial charge in [0.25, 0.3) is 5.91 Å². The molecule has 1 atom stereocenters. The van der Waals surface area contributed by atoms with E-state index in [-0.39, 0.29) is 17.9 Å². The number of benzene rings is 1. The van der Waals surface area contributed by atoms with Crippen molar-refractivity contribution in [2.45, 2.75) is 46.2 Å². The molecule has 0 spiro atoms. The van der Waals surface area contributed by atoms with Crippen LogP contribution in [0.15, 0.2) is 24.3 Å². The highest BCUT2D eigenvalue weighted by molar-refractivity contribution is 5.94. The predicted molar refractivity (Wildman–Crippen MR) is 90.9 cm³/mol. The summed E-state index contributed by atoms with van der Waals surface area (Å²) < 4.78 is 0. The van der Waals surface area contributed by atoms with Crippen molar-refractivity contribution in [2.75, 3.05) is 13.1 Å². The number of likely N-dealkylation sites (tertiary alicyclic amines) is 1. The van der Waals surface area contributed by atoms with Crippen LogP contribution in [-0.4, -0.2) is 35.8 Å². The summed E-state index contributed by atoms with van der Waals surface area (Å²) in [7, 11) is 0. The van der Waals surface area contributed by atoms with Gasteiger partial charge in [0.05, 0.1) is 0 Å². The third kappa shape index (κ3) is 4.32. The van der Waals surface area contributed by atoms with Crippen molar-refractivity contribution in [3.8, 4) is 0 Å². The zero-order valence-electron chi connectivity index (χ0n) is 14.3. The van der Waals surface area contributed by atoms with Gasteiger partial charge in [-0.15, -0.1) is 0 Å². The fourth-order valence-electron chi connectivity index (χ4n) is 2.73. The number of rotatable bonds is 4. The molecule has 5 nitrogen and oxygen atoms in total. The lowest BCUT2D eigenvalue weighted by atomic mass is 9.95. The van der Waals surface area contributed by atoms with E-state index >= 15 is 0 Å². The van der Waals surface area contributed by atoms with Gasteiger partial charge >= 0.3 is 0 Å². The van der Waals surface area contributed by atoms with E-state index in [4.69, 9.17) is 5.73 Å². The summed E-state index contributed by atoms with van der Waals surface area (Å²) >= 11 is 0. The van der Waals surface area contributed by atoms with Crippen LogP contribution in [0.5, 0.6) is 0 Å². The van der Waals surface area contributed by atoms with Gasteiger partial charge in [-0.05, 0) is 30.5 Å². The molecule has 0 saturated carbocycles. The minimum absolute atomic E-state index is 0.0144. The van der Waals surface area contributed by atoms with Crippen LogP contribution in [0, 0.1) is 5.41 Å². The summed E-state index contributed by atoms with van der Waals surface area (Å²) in [5.41, 5.74) is 6.99. The van der Waals surface area contributed by atoms with Gasteiger partial charge in [0.1, 0.15) is 0 Å². The molecule has 2 rings (SSSR count). The van der Waals surface area contributed by atoms with Crippen molar-refractivity contribution in [3.05, 3.63) is 35.4 Å². The Bertz CT molecular complexity index is 561. The maximum atomic E-state index is 12.5. The van der Waals surface area contributed by atoms with Crippen molar-refractivity contribution in [1.29, 1.82) is 0 Å². The highest BCUT2D eigenvalue weighted by Gasteiger charge is 2.28. The fourth-order valence-corrected chi connectivity index (χ4v) is 2.73. The lowest BCUT2D eigenvalue weighted by Crippen LogP contribution is -2.39. The summed E-state index contributed by atoms with van der Waals surface area (Å²) in [6.07, 6.45) is 2.00. The number of nitrogens with two attached hydrogens (primary N) is 1. The van der Waals surface area contributed by atoms with E-state index in [1.165, 1.54) is 0 Å². The molecule has 0 bridgehead atoms. The van der Waals surface area contributed by atoms with E-state index in [2.05, 4.69) is 5.32 Å². The average Bonchev–Trinajstić information content (AvgIpc) is 3.00. The Labute approximate surface area is 138 Å². The quantitative estimate of drug-likeness (QED) is 0.891. The normalized spacial score (nSPS) is 18.1. The lowest BCUT2D eigenvalue weighted by molar-refractivity contribution is -0.128. The minimum Gasteiger partial charge on any atom is -0.352 e. The average molecular weight is 317 g/mol. The Hall–Kier alpha value is -1.88. The molecule has 1 aliphatic rings. The van der Waals surface area contributed by atoms with E-state index < -0.39 is 5.41 Å². The van der Waals surface area contributed by atoms with Crippen molar-refractivity contribution in [1.82, 2.24) is 10.2 Å². The number of nitrogens with zero attached hydrogens (tertiary/aromatic N) is 1. The molecule has 1 aliphatic heterocycles. The smallest absolute Gasteiger partial charge is 0.254 e. The van der Waals surface area contributed by atoms with Gasteiger partial charge in [-0.2, -0.15) is 0 Å². The number of carbonyl (C=O) groups excluding carboxylic acids is 2. The van der Waals surface area contributed by atoms with Gasteiger partial charge in [0, 0.05) is 36.7 Å². The molecule has 1 heterocycles. The van der Waals surface area contributed by atoms with Crippen LogP contribution in [0.3, 0.4) is 0 Å². The number of hydrogen-bond donors (Lipinski definition) is 2. The summed E-state index contributed by atoms with van der Waals surface area (Å²) in [5.74, 6) is 0.0590. The second-order valence-electron chi connectivity index (χ2n) is 7.16. The first-order valence-corrected chi connectivity index (χ1v) is 8.21. The van der Waals surface area contributed by atoms with Crippen molar-refractivity contribution < 1.29 is 9.59 Å². The van der Waals surface area contributed by atoms with Crippen LogP contribution < -0.4 is 11.1 Å². The topological polar surface area (TPSA) is 75.4 Å². The third-order valence-electron chi connectivity index (χ3n) is 4.25. The fraction of sp³-hybridized carbons (Fsp3) is 0.556. The molecular formula is C18H27N3O2. The molecule has 1 aromatic carbocycles. The molecule has 5 heteroatoms. The SMILES string of the molecule is CC(C)(C)C(=O)NCc1ccc(C(=O)N2CCCC2CN)cc1. The van der Waals surface area contributed by atoms with E-state index in [1.54, 1.807) is 0 Å². The van der Waals surface area contributed by atoms with E-state index in [1.807, 2.05) is 49.9 Å². The second kappa shape index (κ2) is 7.13. The second-order valence-corrected chi connectivity index (χ2v) is 7.16. The summed E-state index contributed by atoms with van der Waals surface area (Å²) in [6.45, 7) is 7.42. The Balaban J connectivity index is 1.97. The molecule has 1 aromatic rings. The standard InChI is InChI=1S/C18H27N3O2/c1-18(2,3)17(23)20-12-13-6-8-14(9-7-13)16(22)21-10-4-5-15(21)11-19/h6-9,15H,4-5,10-12,19H2,1-3H3,(H,20,23). The van der Waals surface area contributed by atoms with Crippen LogP contribution >= 0.6 is 0 Å². The summed E-state index contributed by atoms with van der Waals surface area (Å²) in [4.78, 5) is 26.3. The molecule has 1 fully saturated rings. The zero-order chi connectivity index (χ0) is 17.0. The van der Waals surface area contributed by atoms with E-state index in [0.29, 0.717) is 18.7 Å². The molecule has 0 aromatic heterocycles. The Kier molecular flexibility index (Phi) is 5.42. The van der Waals surface area contributed by atoms with Crippen molar-refractivity contribution in [3.63, 3.8) is 0 Å². The maximum absolute atomic E-state index is 12.5. The summed E-state index contributed by atoms with van der Waals surface area (Å²) in [6, 6.07) is 7.60. The van der Waals surface area contributed by atoms with Crippen LogP contribution in [0.1, 0.15) is 49.5 Å². The number of hydrogen-bond acceptors (Lipinski definition) is 3. The Morgan fingerprint density at radius 3 is 2.48 bits per heavy atom. The monoisotopic (exact) mass is 317 g/mol. The van der Waals surface area contributed by atoms with Crippen molar-refractivity contribution >= 4 is 11.8 Å².